The number of nitrogens with zero attached hydrogens (tertiary/aromatic N) is 3. The zero-order chi connectivity index (χ0) is 17.6. The average Bonchev–Trinajstić information content (AvgIpc) is 2.52. The summed E-state index contributed by atoms with van der Waals surface area (Å²) in [5.41, 5.74) is 0. The largest absolute Gasteiger partial charge is 0.480 e. The van der Waals surface area contributed by atoms with E-state index in [0.29, 0.717) is 6.42 Å². The van der Waals surface area contributed by atoms with Gasteiger partial charge in [0.2, 0.25) is 15.9 Å². The molecule has 1 atom stereocenters. The number of hydrogen-bond acceptors (Lipinski definition) is 5. The predicted molar refractivity (Wildman–Crippen MR) is 83.2 cm³/mol. The molecule has 0 fully saturated rings. The molecule has 1 aromatic heterocycles. The molecular formula is C14H21N3O5S. The van der Waals surface area contributed by atoms with Crippen LogP contribution >= 0.6 is 0 Å². The topological polar surface area (TPSA) is 108 Å². The lowest BCUT2D eigenvalue weighted by Gasteiger charge is -2.28. The number of aliphatic carboxylic acids is 1. The molecule has 1 unspecified atom stereocenters. The van der Waals surface area contributed by atoms with Crippen molar-refractivity contribution in [2.75, 3.05) is 20.1 Å². The van der Waals surface area contributed by atoms with Gasteiger partial charge in [0, 0.05) is 25.5 Å². The third-order valence-corrected chi connectivity index (χ3v) is 5.24. The van der Waals surface area contributed by atoms with Crippen molar-refractivity contribution in [1.29, 1.82) is 0 Å². The van der Waals surface area contributed by atoms with E-state index >= 15 is 0 Å². The summed E-state index contributed by atoms with van der Waals surface area (Å²) in [4.78, 5) is 28.1. The smallest absolute Gasteiger partial charge is 0.323 e. The summed E-state index contributed by atoms with van der Waals surface area (Å²) in [5, 5.41) is 8.92. The maximum absolute atomic E-state index is 12.4. The standard InChI is InChI=1S/C14H21N3O5S/c1-4-11(2)17(10-14(19)20)13(18)9-16(3)23(21,22)12-6-5-7-15-8-12/h5-8,11H,4,9-10H2,1-3H3,(H,19,20). The molecule has 0 spiro atoms. The molecule has 0 radical (unpaired) electrons. The van der Waals surface area contributed by atoms with Gasteiger partial charge in [0.1, 0.15) is 11.4 Å². The second-order valence-corrected chi connectivity index (χ2v) is 7.17. The fourth-order valence-corrected chi connectivity index (χ4v) is 2.99. The highest BCUT2D eigenvalue weighted by atomic mass is 32.2. The monoisotopic (exact) mass is 343 g/mol. The lowest BCUT2D eigenvalue weighted by Crippen LogP contribution is -2.47. The van der Waals surface area contributed by atoms with Crippen LogP contribution in [0.5, 0.6) is 0 Å². The normalized spacial score (nSPS) is 12.9. The summed E-state index contributed by atoms with van der Waals surface area (Å²) in [6.45, 7) is 2.64. The van der Waals surface area contributed by atoms with Crippen molar-refractivity contribution in [2.24, 2.45) is 0 Å². The first kappa shape index (κ1) is 19.0. The Labute approximate surface area is 135 Å². The van der Waals surface area contributed by atoms with Gasteiger partial charge in [-0.15, -0.1) is 0 Å². The van der Waals surface area contributed by atoms with E-state index in [1.165, 1.54) is 31.6 Å². The minimum atomic E-state index is -3.85. The molecule has 0 aliphatic heterocycles. The number of carbonyl (C=O) groups is 2. The van der Waals surface area contributed by atoms with Gasteiger partial charge >= 0.3 is 5.97 Å². The molecule has 1 heterocycles. The second-order valence-electron chi connectivity index (χ2n) is 5.12. The Morgan fingerprint density at radius 2 is 2.00 bits per heavy atom. The third-order valence-electron chi connectivity index (χ3n) is 3.45. The molecular weight excluding hydrogens is 322 g/mol. The van der Waals surface area contributed by atoms with Gasteiger partial charge in [-0.2, -0.15) is 4.31 Å². The summed E-state index contributed by atoms with van der Waals surface area (Å²) in [6.07, 6.45) is 3.21. The minimum absolute atomic E-state index is 0.0244. The molecule has 128 valence electrons. The summed E-state index contributed by atoms with van der Waals surface area (Å²) in [6, 6.07) is 2.57. The van der Waals surface area contributed by atoms with Crippen molar-refractivity contribution in [3.05, 3.63) is 24.5 Å². The highest BCUT2D eigenvalue weighted by Crippen LogP contribution is 2.13. The summed E-state index contributed by atoms with van der Waals surface area (Å²) >= 11 is 0. The van der Waals surface area contributed by atoms with Gasteiger partial charge in [0.25, 0.3) is 0 Å². The maximum Gasteiger partial charge on any atom is 0.323 e. The number of pyridine rings is 1. The molecule has 9 heteroatoms. The molecule has 1 rings (SSSR count). The molecule has 8 nitrogen and oxygen atoms in total. The molecule has 1 aromatic rings. The van der Waals surface area contributed by atoms with Crippen molar-refractivity contribution in [3.63, 3.8) is 0 Å². The van der Waals surface area contributed by atoms with Crippen LogP contribution in [0.3, 0.4) is 0 Å². The van der Waals surface area contributed by atoms with Crippen molar-refractivity contribution in [2.45, 2.75) is 31.2 Å². The number of sulfonamides is 1. The minimum Gasteiger partial charge on any atom is -0.480 e. The molecule has 0 bridgehead atoms. The first-order valence-electron chi connectivity index (χ1n) is 7.07. The van der Waals surface area contributed by atoms with Crippen molar-refractivity contribution in [1.82, 2.24) is 14.2 Å². The number of amides is 1. The lowest BCUT2D eigenvalue weighted by molar-refractivity contribution is -0.146. The van der Waals surface area contributed by atoms with Gasteiger partial charge in [-0.25, -0.2) is 8.42 Å². The molecule has 0 aromatic carbocycles. The van der Waals surface area contributed by atoms with Crippen LogP contribution < -0.4 is 0 Å². The Morgan fingerprint density at radius 3 is 2.48 bits per heavy atom. The van der Waals surface area contributed by atoms with Crippen LogP contribution in [-0.2, 0) is 19.6 Å². The van der Waals surface area contributed by atoms with Crippen LogP contribution in [0.25, 0.3) is 0 Å². The Morgan fingerprint density at radius 1 is 1.35 bits per heavy atom. The van der Waals surface area contributed by atoms with Crippen LogP contribution in [0.2, 0.25) is 0 Å². The number of carbonyl (C=O) groups excluding carboxylic acids is 1. The van der Waals surface area contributed by atoms with Crippen LogP contribution in [0.1, 0.15) is 20.3 Å². The van der Waals surface area contributed by atoms with E-state index < -0.39 is 35.0 Å². The molecule has 0 saturated carbocycles. The van der Waals surface area contributed by atoms with E-state index in [-0.39, 0.29) is 10.9 Å². The van der Waals surface area contributed by atoms with Crippen molar-refractivity contribution >= 4 is 21.9 Å². The maximum atomic E-state index is 12.4. The van der Waals surface area contributed by atoms with E-state index in [1.807, 2.05) is 6.92 Å². The molecule has 0 aliphatic carbocycles. The van der Waals surface area contributed by atoms with Crippen LogP contribution in [0.15, 0.2) is 29.4 Å². The highest BCUT2D eigenvalue weighted by Gasteiger charge is 2.28. The van der Waals surface area contributed by atoms with E-state index in [9.17, 15) is 18.0 Å². The molecule has 1 amide bonds. The number of likely N-dealkylation sites (N-methyl/N-ethyl adjacent to an activating group) is 1. The van der Waals surface area contributed by atoms with Gasteiger partial charge in [-0.3, -0.25) is 14.6 Å². The SMILES string of the molecule is CCC(C)N(CC(=O)O)C(=O)CN(C)S(=O)(=O)c1cccnc1. The summed E-state index contributed by atoms with van der Waals surface area (Å²) in [5.74, 6) is -1.70. The Balaban J connectivity index is 2.91. The number of carboxylic acid groups (broad SMARTS) is 1. The zero-order valence-corrected chi connectivity index (χ0v) is 14.2. The van der Waals surface area contributed by atoms with Crippen LogP contribution in [0.4, 0.5) is 0 Å². The van der Waals surface area contributed by atoms with E-state index in [2.05, 4.69) is 4.98 Å². The molecule has 0 saturated heterocycles. The molecule has 23 heavy (non-hydrogen) atoms. The summed E-state index contributed by atoms with van der Waals surface area (Å²) in [7, 11) is -2.58. The Hall–Kier alpha value is -2.00. The average molecular weight is 343 g/mol. The van der Waals surface area contributed by atoms with Crippen LogP contribution in [-0.4, -0.2) is 65.8 Å². The first-order chi connectivity index (χ1) is 10.7. The molecule has 0 aliphatic rings. The van der Waals surface area contributed by atoms with Crippen molar-refractivity contribution < 1.29 is 23.1 Å². The Bertz CT molecular complexity index is 648. The second kappa shape index (κ2) is 8.02. The van der Waals surface area contributed by atoms with E-state index in [0.717, 1.165) is 9.21 Å². The lowest BCUT2D eigenvalue weighted by atomic mass is 10.2. The zero-order valence-electron chi connectivity index (χ0n) is 13.3. The van der Waals surface area contributed by atoms with Gasteiger partial charge in [-0.05, 0) is 25.5 Å². The van der Waals surface area contributed by atoms with Gasteiger partial charge in [0.15, 0.2) is 0 Å². The van der Waals surface area contributed by atoms with Crippen molar-refractivity contribution in [3.8, 4) is 0 Å². The molecule has 1 N–H and O–H groups in total. The first-order valence-corrected chi connectivity index (χ1v) is 8.51. The number of carboxylic acids is 1. The number of aromatic nitrogens is 1. The van der Waals surface area contributed by atoms with Crippen LogP contribution in [0, 0.1) is 0 Å². The van der Waals surface area contributed by atoms with Gasteiger partial charge in [-0.1, -0.05) is 6.92 Å². The predicted octanol–water partition coefficient (Wildman–Crippen LogP) is 0.414. The quantitative estimate of drug-likeness (QED) is 0.732. The van der Waals surface area contributed by atoms with Gasteiger partial charge < -0.3 is 10.0 Å². The number of hydrogen-bond donors (Lipinski definition) is 1. The fourth-order valence-electron chi connectivity index (χ4n) is 1.90. The third kappa shape index (κ3) is 5.00. The Kier molecular flexibility index (Phi) is 6.64. The van der Waals surface area contributed by atoms with E-state index in [4.69, 9.17) is 5.11 Å². The highest BCUT2D eigenvalue weighted by molar-refractivity contribution is 7.89. The van der Waals surface area contributed by atoms with E-state index in [1.54, 1.807) is 6.92 Å². The number of rotatable bonds is 8. The fraction of sp³-hybridized carbons (Fsp3) is 0.500. The van der Waals surface area contributed by atoms with Gasteiger partial charge in [0.05, 0.1) is 6.54 Å². The summed E-state index contributed by atoms with van der Waals surface area (Å²) < 4.78 is 25.6.